The second kappa shape index (κ2) is 8.12. The van der Waals surface area contributed by atoms with E-state index in [4.69, 9.17) is 9.47 Å². The Bertz CT molecular complexity index is 141. The smallest absolute Gasteiger partial charge is 0.158 e. The van der Waals surface area contributed by atoms with Crippen molar-refractivity contribution in [2.75, 3.05) is 13.2 Å². The Kier molecular flexibility index (Phi) is 7.03. The summed E-state index contributed by atoms with van der Waals surface area (Å²) in [5.41, 5.74) is 0. The minimum atomic E-state index is 0.100. The summed E-state index contributed by atoms with van der Waals surface area (Å²) >= 11 is 0. The molecule has 0 N–H and O–H groups in total. The predicted molar refractivity (Wildman–Crippen MR) is 62.8 cm³/mol. The second-order valence-electron chi connectivity index (χ2n) is 4.56. The topological polar surface area (TPSA) is 18.5 Å². The van der Waals surface area contributed by atoms with E-state index in [0.717, 1.165) is 25.6 Å². The molecule has 0 spiro atoms. The van der Waals surface area contributed by atoms with Gasteiger partial charge in [0.15, 0.2) is 6.29 Å². The van der Waals surface area contributed by atoms with Crippen LogP contribution in [0.1, 0.15) is 58.8 Å². The van der Waals surface area contributed by atoms with Gasteiger partial charge in [0.25, 0.3) is 0 Å². The highest BCUT2D eigenvalue weighted by atomic mass is 16.7. The summed E-state index contributed by atoms with van der Waals surface area (Å²) in [6.45, 7) is 6.11. The summed E-state index contributed by atoms with van der Waals surface area (Å²) in [5, 5.41) is 0. The number of hydrogen-bond donors (Lipinski definition) is 0. The molecule has 1 rings (SSSR count). The van der Waals surface area contributed by atoms with Gasteiger partial charge in [-0.2, -0.15) is 0 Å². The summed E-state index contributed by atoms with van der Waals surface area (Å²) in [7, 11) is 0. The van der Waals surface area contributed by atoms with E-state index in [9.17, 15) is 0 Å². The molecular weight excluding hydrogens is 188 g/mol. The highest BCUT2D eigenvalue weighted by Gasteiger charge is 2.20. The fourth-order valence-corrected chi connectivity index (χ4v) is 2.29. The normalized spacial score (nSPS) is 19.6. The molecule has 90 valence electrons. The highest BCUT2D eigenvalue weighted by Crippen LogP contribution is 2.24. The Morgan fingerprint density at radius 2 is 1.73 bits per heavy atom. The van der Waals surface area contributed by atoms with Crippen LogP contribution in [0.4, 0.5) is 0 Å². The van der Waals surface area contributed by atoms with Crippen LogP contribution in [0.5, 0.6) is 0 Å². The zero-order valence-corrected chi connectivity index (χ0v) is 10.3. The molecule has 0 saturated carbocycles. The van der Waals surface area contributed by atoms with Gasteiger partial charge in [0.2, 0.25) is 0 Å². The quantitative estimate of drug-likeness (QED) is 0.573. The van der Waals surface area contributed by atoms with Crippen LogP contribution in [-0.4, -0.2) is 19.5 Å². The Labute approximate surface area is 94.3 Å². The van der Waals surface area contributed by atoms with Gasteiger partial charge in [-0.05, 0) is 5.92 Å². The van der Waals surface area contributed by atoms with E-state index in [1.54, 1.807) is 0 Å². The Morgan fingerprint density at radius 1 is 1.00 bits per heavy atom. The lowest BCUT2D eigenvalue weighted by atomic mass is 9.93. The predicted octanol–water partition coefficient (Wildman–Crippen LogP) is 3.75. The molecule has 1 aliphatic rings. The van der Waals surface area contributed by atoms with Gasteiger partial charge < -0.3 is 9.47 Å². The van der Waals surface area contributed by atoms with E-state index < -0.39 is 0 Å². The van der Waals surface area contributed by atoms with Crippen LogP contribution in [0, 0.1) is 5.92 Å². The van der Waals surface area contributed by atoms with Crippen LogP contribution in [0.25, 0.3) is 0 Å². The minimum Gasteiger partial charge on any atom is -0.350 e. The first-order chi connectivity index (χ1) is 7.36. The Balaban J connectivity index is 2.16. The van der Waals surface area contributed by atoms with Gasteiger partial charge in [0.1, 0.15) is 0 Å². The number of hydrogen-bond acceptors (Lipinski definition) is 2. The molecule has 1 fully saturated rings. The summed E-state index contributed by atoms with van der Waals surface area (Å²) in [4.78, 5) is 0. The standard InChI is InChI=1S/C13H26O2/c1-3-5-6-8-12(7-4-2)11-13-14-9-10-15-13/h12-13H,3-11H2,1-2H3. The molecule has 2 nitrogen and oxygen atoms in total. The maximum absolute atomic E-state index is 5.51. The third-order valence-corrected chi connectivity index (χ3v) is 3.13. The van der Waals surface area contributed by atoms with Gasteiger partial charge in [-0.15, -0.1) is 0 Å². The van der Waals surface area contributed by atoms with Crippen molar-refractivity contribution in [1.29, 1.82) is 0 Å². The van der Waals surface area contributed by atoms with Crippen LogP contribution < -0.4 is 0 Å². The summed E-state index contributed by atoms with van der Waals surface area (Å²) in [6.07, 6.45) is 9.22. The van der Waals surface area contributed by atoms with Crippen molar-refractivity contribution in [3.63, 3.8) is 0 Å². The van der Waals surface area contributed by atoms with E-state index in [1.807, 2.05) is 0 Å². The molecular formula is C13H26O2. The van der Waals surface area contributed by atoms with E-state index in [-0.39, 0.29) is 6.29 Å². The lowest BCUT2D eigenvalue weighted by Crippen LogP contribution is -2.14. The molecule has 1 saturated heterocycles. The van der Waals surface area contributed by atoms with E-state index in [2.05, 4.69) is 13.8 Å². The van der Waals surface area contributed by atoms with E-state index in [0.29, 0.717) is 0 Å². The zero-order chi connectivity index (χ0) is 10.9. The van der Waals surface area contributed by atoms with Crippen LogP contribution in [-0.2, 0) is 9.47 Å². The summed E-state index contributed by atoms with van der Waals surface area (Å²) < 4.78 is 11.0. The van der Waals surface area contributed by atoms with Gasteiger partial charge >= 0.3 is 0 Å². The molecule has 0 aromatic carbocycles. The average Bonchev–Trinajstić information content (AvgIpc) is 2.71. The molecule has 1 aliphatic heterocycles. The van der Waals surface area contributed by atoms with Gasteiger partial charge in [0.05, 0.1) is 13.2 Å². The molecule has 0 aliphatic carbocycles. The van der Waals surface area contributed by atoms with Crippen molar-refractivity contribution >= 4 is 0 Å². The third kappa shape index (κ3) is 5.53. The number of rotatable bonds is 8. The van der Waals surface area contributed by atoms with Crippen molar-refractivity contribution < 1.29 is 9.47 Å². The van der Waals surface area contributed by atoms with Gasteiger partial charge in [0, 0.05) is 6.42 Å². The SMILES string of the molecule is CCCCCC(CCC)CC1OCCO1. The summed E-state index contributed by atoms with van der Waals surface area (Å²) in [5.74, 6) is 0.810. The molecule has 15 heavy (non-hydrogen) atoms. The van der Waals surface area contributed by atoms with Crippen LogP contribution in [0.3, 0.4) is 0 Å². The first kappa shape index (κ1) is 13.0. The maximum atomic E-state index is 5.51. The van der Waals surface area contributed by atoms with E-state index >= 15 is 0 Å². The minimum absolute atomic E-state index is 0.100. The molecule has 0 aromatic heterocycles. The molecule has 1 atom stereocenters. The van der Waals surface area contributed by atoms with Gasteiger partial charge in [-0.1, -0.05) is 52.4 Å². The van der Waals surface area contributed by atoms with Crippen molar-refractivity contribution in [2.45, 2.75) is 65.1 Å². The lowest BCUT2D eigenvalue weighted by molar-refractivity contribution is -0.0584. The third-order valence-electron chi connectivity index (χ3n) is 3.13. The van der Waals surface area contributed by atoms with Crippen molar-refractivity contribution in [3.8, 4) is 0 Å². The van der Waals surface area contributed by atoms with Gasteiger partial charge in [-0.25, -0.2) is 0 Å². The van der Waals surface area contributed by atoms with Crippen LogP contribution in [0.2, 0.25) is 0 Å². The van der Waals surface area contributed by atoms with Crippen molar-refractivity contribution in [1.82, 2.24) is 0 Å². The Morgan fingerprint density at radius 3 is 2.33 bits per heavy atom. The molecule has 1 unspecified atom stereocenters. The molecule has 0 radical (unpaired) electrons. The first-order valence-corrected chi connectivity index (χ1v) is 6.60. The largest absolute Gasteiger partial charge is 0.350 e. The van der Waals surface area contributed by atoms with Crippen molar-refractivity contribution in [2.24, 2.45) is 5.92 Å². The monoisotopic (exact) mass is 214 g/mol. The van der Waals surface area contributed by atoms with Gasteiger partial charge in [-0.3, -0.25) is 0 Å². The fraction of sp³-hybridized carbons (Fsp3) is 1.00. The van der Waals surface area contributed by atoms with E-state index in [1.165, 1.54) is 38.5 Å². The number of unbranched alkanes of at least 4 members (excludes halogenated alkanes) is 2. The first-order valence-electron chi connectivity index (χ1n) is 6.60. The van der Waals surface area contributed by atoms with Crippen molar-refractivity contribution in [3.05, 3.63) is 0 Å². The average molecular weight is 214 g/mol. The zero-order valence-electron chi connectivity index (χ0n) is 10.3. The lowest BCUT2D eigenvalue weighted by Gasteiger charge is -2.19. The maximum Gasteiger partial charge on any atom is 0.158 e. The highest BCUT2D eigenvalue weighted by molar-refractivity contribution is 4.64. The molecule has 2 heteroatoms. The molecule has 0 bridgehead atoms. The second-order valence-corrected chi connectivity index (χ2v) is 4.56. The molecule has 0 aromatic rings. The van der Waals surface area contributed by atoms with Crippen LogP contribution in [0.15, 0.2) is 0 Å². The summed E-state index contributed by atoms with van der Waals surface area (Å²) in [6, 6.07) is 0. The molecule has 1 heterocycles. The fourth-order valence-electron chi connectivity index (χ4n) is 2.29. The number of ether oxygens (including phenoxy) is 2. The van der Waals surface area contributed by atoms with Crippen LogP contribution >= 0.6 is 0 Å². The molecule has 0 amide bonds. The Hall–Kier alpha value is -0.0800.